The van der Waals surface area contributed by atoms with Crippen LogP contribution in [0.25, 0.3) is 11.4 Å². The lowest BCUT2D eigenvalue weighted by Gasteiger charge is -2.32. The fraction of sp³-hybridized carbons (Fsp3) is 0.348. The first-order valence-electron chi connectivity index (χ1n) is 10.2. The summed E-state index contributed by atoms with van der Waals surface area (Å²) in [5, 5.41) is 0. The molecule has 3 aromatic rings. The molecule has 1 fully saturated rings. The number of para-hydroxylation sites is 1. The highest BCUT2D eigenvalue weighted by molar-refractivity contribution is 5.52. The van der Waals surface area contributed by atoms with Gasteiger partial charge in [0.2, 0.25) is 0 Å². The predicted molar refractivity (Wildman–Crippen MR) is 113 cm³/mol. The molecule has 1 atom stereocenters. The Hall–Kier alpha value is -2.99. The first-order chi connectivity index (χ1) is 14.2. The third-order valence-corrected chi connectivity index (χ3v) is 5.29. The van der Waals surface area contributed by atoms with Crippen molar-refractivity contribution in [3.8, 4) is 17.1 Å². The predicted octanol–water partition coefficient (Wildman–Crippen LogP) is 3.61. The monoisotopic (exact) mass is 390 g/mol. The van der Waals surface area contributed by atoms with Gasteiger partial charge in [-0.05, 0) is 44.5 Å². The molecular weight excluding hydrogens is 364 g/mol. The van der Waals surface area contributed by atoms with Crippen LogP contribution in [-0.4, -0.2) is 39.5 Å². The Labute approximate surface area is 170 Å². The van der Waals surface area contributed by atoms with E-state index < -0.39 is 0 Å². The van der Waals surface area contributed by atoms with Gasteiger partial charge in [0.15, 0.2) is 0 Å². The largest absolute Gasteiger partial charge is 0.494 e. The Bertz CT molecular complexity index is 1000. The summed E-state index contributed by atoms with van der Waals surface area (Å²) in [5.74, 6) is 1.77. The number of piperidine rings is 1. The smallest absolute Gasteiger partial charge is 0.251 e. The maximum atomic E-state index is 12.3. The van der Waals surface area contributed by atoms with Crippen LogP contribution < -0.4 is 10.3 Å². The quantitative estimate of drug-likeness (QED) is 0.696. The van der Waals surface area contributed by atoms with Crippen LogP contribution in [0.2, 0.25) is 0 Å². The molecule has 150 valence electrons. The molecule has 1 saturated heterocycles. The number of likely N-dealkylation sites (tertiary alicyclic amines) is 1. The van der Waals surface area contributed by atoms with Gasteiger partial charge in [0.05, 0.1) is 12.3 Å². The molecule has 0 spiro atoms. The van der Waals surface area contributed by atoms with Crippen LogP contribution in [0.4, 0.5) is 0 Å². The zero-order valence-electron chi connectivity index (χ0n) is 16.7. The molecule has 0 saturated carbocycles. The van der Waals surface area contributed by atoms with Crippen molar-refractivity contribution in [3.63, 3.8) is 0 Å². The van der Waals surface area contributed by atoms with Gasteiger partial charge >= 0.3 is 0 Å². The standard InChI is InChI=1S/C23H26N4O2/c1-2-29-21-10-4-3-7-19(21)16-27-12-6-9-18(15-27)20-13-22(28)26-23(25-20)17-8-5-11-24-14-17/h3-5,7-8,10-11,13-14,18H,2,6,9,12,15-16H2,1H3,(H,25,26,28). The minimum Gasteiger partial charge on any atom is -0.494 e. The van der Waals surface area contributed by atoms with Gasteiger partial charge in [0.1, 0.15) is 11.6 Å². The number of nitrogens with zero attached hydrogens (tertiary/aromatic N) is 3. The third-order valence-electron chi connectivity index (χ3n) is 5.29. The highest BCUT2D eigenvalue weighted by Gasteiger charge is 2.24. The summed E-state index contributed by atoms with van der Waals surface area (Å²) >= 11 is 0. The number of aromatic nitrogens is 3. The van der Waals surface area contributed by atoms with E-state index in [1.165, 1.54) is 5.56 Å². The van der Waals surface area contributed by atoms with Gasteiger partial charge in [-0.1, -0.05) is 18.2 Å². The summed E-state index contributed by atoms with van der Waals surface area (Å²) < 4.78 is 5.78. The molecule has 2 aromatic heterocycles. The van der Waals surface area contributed by atoms with Gasteiger partial charge in [-0.15, -0.1) is 0 Å². The average Bonchev–Trinajstić information content (AvgIpc) is 2.76. The van der Waals surface area contributed by atoms with Crippen molar-refractivity contribution in [2.75, 3.05) is 19.7 Å². The van der Waals surface area contributed by atoms with E-state index in [2.05, 4.69) is 27.0 Å². The minimum atomic E-state index is -0.118. The molecule has 0 amide bonds. The van der Waals surface area contributed by atoms with Gasteiger partial charge in [0, 0.05) is 48.6 Å². The Morgan fingerprint density at radius 1 is 1.24 bits per heavy atom. The fourth-order valence-corrected chi connectivity index (χ4v) is 3.94. The summed E-state index contributed by atoms with van der Waals surface area (Å²) in [6, 6.07) is 13.6. The van der Waals surface area contributed by atoms with Crippen molar-refractivity contribution in [2.24, 2.45) is 0 Å². The number of ether oxygens (including phenoxy) is 1. The Balaban J connectivity index is 1.53. The second-order valence-electron chi connectivity index (χ2n) is 7.38. The minimum absolute atomic E-state index is 0.118. The van der Waals surface area contributed by atoms with Crippen LogP contribution in [-0.2, 0) is 6.54 Å². The molecule has 1 unspecified atom stereocenters. The molecule has 1 aromatic carbocycles. The summed E-state index contributed by atoms with van der Waals surface area (Å²) in [4.78, 5) is 26.4. The van der Waals surface area contributed by atoms with Crippen LogP contribution in [0, 0.1) is 0 Å². The van der Waals surface area contributed by atoms with Gasteiger partial charge in [-0.25, -0.2) is 4.98 Å². The summed E-state index contributed by atoms with van der Waals surface area (Å²) in [6.45, 7) is 5.42. The molecular formula is C23H26N4O2. The molecule has 1 N–H and O–H groups in total. The molecule has 29 heavy (non-hydrogen) atoms. The second kappa shape index (κ2) is 9.01. The number of nitrogens with one attached hydrogen (secondary N) is 1. The maximum absolute atomic E-state index is 12.3. The number of benzene rings is 1. The zero-order chi connectivity index (χ0) is 20.1. The van der Waals surface area contributed by atoms with Crippen molar-refractivity contribution < 1.29 is 4.74 Å². The molecule has 6 heteroatoms. The van der Waals surface area contributed by atoms with Gasteiger partial charge in [-0.3, -0.25) is 14.7 Å². The van der Waals surface area contributed by atoms with Crippen LogP contribution in [0.3, 0.4) is 0 Å². The molecule has 4 rings (SSSR count). The SMILES string of the molecule is CCOc1ccccc1CN1CCCC(c2cc(=O)[nH]c(-c3cccnc3)n2)C1. The molecule has 1 aliphatic rings. The average molecular weight is 390 g/mol. The number of hydrogen-bond acceptors (Lipinski definition) is 5. The topological polar surface area (TPSA) is 71.1 Å². The molecule has 0 bridgehead atoms. The molecule has 0 aliphatic carbocycles. The summed E-state index contributed by atoms with van der Waals surface area (Å²) in [7, 11) is 0. The lowest BCUT2D eigenvalue weighted by atomic mass is 9.94. The number of H-pyrrole nitrogens is 1. The van der Waals surface area contributed by atoms with E-state index in [-0.39, 0.29) is 11.5 Å². The lowest BCUT2D eigenvalue weighted by molar-refractivity contribution is 0.195. The fourth-order valence-electron chi connectivity index (χ4n) is 3.94. The zero-order valence-corrected chi connectivity index (χ0v) is 16.7. The van der Waals surface area contributed by atoms with E-state index in [0.717, 1.165) is 49.5 Å². The van der Waals surface area contributed by atoms with Crippen LogP contribution in [0.1, 0.15) is 36.9 Å². The molecule has 1 aliphatic heterocycles. The van der Waals surface area contributed by atoms with Crippen molar-refractivity contribution in [2.45, 2.75) is 32.2 Å². The Morgan fingerprint density at radius 3 is 2.97 bits per heavy atom. The molecule has 3 heterocycles. The van der Waals surface area contributed by atoms with Gasteiger partial charge in [-0.2, -0.15) is 0 Å². The number of rotatable bonds is 6. The van der Waals surface area contributed by atoms with E-state index in [0.29, 0.717) is 12.4 Å². The van der Waals surface area contributed by atoms with Crippen LogP contribution >= 0.6 is 0 Å². The first kappa shape index (κ1) is 19.3. The van der Waals surface area contributed by atoms with E-state index in [1.54, 1.807) is 18.5 Å². The van der Waals surface area contributed by atoms with Crippen molar-refractivity contribution in [3.05, 3.63) is 76.5 Å². The van der Waals surface area contributed by atoms with Gasteiger partial charge < -0.3 is 9.72 Å². The third kappa shape index (κ3) is 4.71. The Morgan fingerprint density at radius 2 is 2.14 bits per heavy atom. The van der Waals surface area contributed by atoms with E-state index in [9.17, 15) is 4.79 Å². The van der Waals surface area contributed by atoms with Crippen molar-refractivity contribution in [1.82, 2.24) is 19.9 Å². The maximum Gasteiger partial charge on any atom is 0.251 e. The normalized spacial score (nSPS) is 17.2. The number of hydrogen-bond donors (Lipinski definition) is 1. The Kier molecular flexibility index (Phi) is 6.00. The molecule has 0 radical (unpaired) electrons. The highest BCUT2D eigenvalue weighted by Crippen LogP contribution is 2.28. The van der Waals surface area contributed by atoms with Crippen molar-refractivity contribution >= 4 is 0 Å². The van der Waals surface area contributed by atoms with Crippen LogP contribution in [0.15, 0.2) is 59.7 Å². The van der Waals surface area contributed by atoms with Gasteiger partial charge in [0.25, 0.3) is 5.56 Å². The lowest BCUT2D eigenvalue weighted by Crippen LogP contribution is -2.34. The van der Waals surface area contributed by atoms with E-state index in [4.69, 9.17) is 9.72 Å². The molecule has 6 nitrogen and oxygen atoms in total. The van der Waals surface area contributed by atoms with E-state index in [1.807, 2.05) is 31.2 Å². The number of pyridine rings is 1. The highest BCUT2D eigenvalue weighted by atomic mass is 16.5. The summed E-state index contributed by atoms with van der Waals surface area (Å²) in [5.41, 5.74) is 2.76. The first-order valence-corrected chi connectivity index (χ1v) is 10.2. The van der Waals surface area contributed by atoms with Crippen molar-refractivity contribution in [1.29, 1.82) is 0 Å². The van der Waals surface area contributed by atoms with E-state index >= 15 is 0 Å². The second-order valence-corrected chi connectivity index (χ2v) is 7.38. The van der Waals surface area contributed by atoms with Crippen LogP contribution in [0.5, 0.6) is 5.75 Å². The number of aromatic amines is 1. The summed E-state index contributed by atoms with van der Waals surface area (Å²) in [6.07, 6.45) is 5.55.